The summed E-state index contributed by atoms with van der Waals surface area (Å²) in [7, 11) is 0. The van der Waals surface area contributed by atoms with E-state index in [9.17, 15) is 14.4 Å². The van der Waals surface area contributed by atoms with Gasteiger partial charge in [-0.25, -0.2) is 5.10 Å². The second-order valence-corrected chi connectivity index (χ2v) is 4.12. The first kappa shape index (κ1) is 12.3. The van der Waals surface area contributed by atoms with Crippen LogP contribution >= 0.6 is 0 Å². The van der Waals surface area contributed by atoms with Crippen molar-refractivity contribution >= 4 is 11.8 Å². The number of amides is 2. The monoisotopic (exact) mass is 250 g/mol. The topological polar surface area (TPSA) is 104 Å². The molecule has 2 amide bonds. The molecule has 0 spiro atoms. The van der Waals surface area contributed by atoms with Gasteiger partial charge in [-0.15, -0.1) is 0 Å². The number of hydrogen-bond donors (Lipinski definition) is 3. The Labute approximate surface area is 103 Å². The van der Waals surface area contributed by atoms with Crippen molar-refractivity contribution in [3.05, 3.63) is 28.2 Å². The molecule has 7 heteroatoms. The smallest absolute Gasteiger partial charge is 0.272 e. The van der Waals surface area contributed by atoms with E-state index in [1.807, 2.05) is 0 Å². The molecule has 96 valence electrons. The summed E-state index contributed by atoms with van der Waals surface area (Å²) in [6, 6.07) is 2.01. The molecule has 1 unspecified atom stereocenters. The van der Waals surface area contributed by atoms with E-state index in [2.05, 4.69) is 20.8 Å². The van der Waals surface area contributed by atoms with Crippen molar-refractivity contribution in [2.45, 2.75) is 25.3 Å². The zero-order valence-corrected chi connectivity index (χ0v) is 9.73. The molecule has 7 nitrogen and oxygen atoms in total. The number of carbonyl (C=O) groups excluding carboxylic acids is 2. The van der Waals surface area contributed by atoms with Crippen LogP contribution in [-0.4, -0.2) is 34.6 Å². The lowest BCUT2D eigenvalue weighted by molar-refractivity contribution is -0.122. The van der Waals surface area contributed by atoms with Gasteiger partial charge >= 0.3 is 0 Å². The minimum absolute atomic E-state index is 0.0895. The molecule has 0 aromatic carbocycles. The molecule has 1 saturated heterocycles. The van der Waals surface area contributed by atoms with Gasteiger partial charge in [0.1, 0.15) is 11.7 Å². The average molecular weight is 250 g/mol. The van der Waals surface area contributed by atoms with Crippen LogP contribution in [0.2, 0.25) is 0 Å². The van der Waals surface area contributed by atoms with Crippen molar-refractivity contribution in [1.82, 2.24) is 20.8 Å². The molecular weight excluding hydrogens is 236 g/mol. The van der Waals surface area contributed by atoms with Gasteiger partial charge in [-0.1, -0.05) is 0 Å². The van der Waals surface area contributed by atoms with Crippen molar-refractivity contribution in [3.8, 4) is 0 Å². The quantitative estimate of drug-likeness (QED) is 0.637. The Balaban J connectivity index is 2.03. The molecule has 0 saturated carbocycles. The fourth-order valence-electron chi connectivity index (χ4n) is 1.78. The van der Waals surface area contributed by atoms with Gasteiger partial charge < -0.3 is 10.6 Å². The second-order valence-electron chi connectivity index (χ2n) is 4.12. The van der Waals surface area contributed by atoms with Gasteiger partial charge in [0.05, 0.1) is 0 Å². The molecular formula is C11H14N4O3. The Morgan fingerprint density at radius 1 is 1.33 bits per heavy atom. The summed E-state index contributed by atoms with van der Waals surface area (Å²) in [6.45, 7) is 0.641. The van der Waals surface area contributed by atoms with E-state index in [0.29, 0.717) is 13.0 Å². The standard InChI is InChI=1S/C11H14N4O3/c16-9-5-4-8(14-15-9)11(18)13-7-3-1-2-6-12-10(7)17/h4-5,7H,1-3,6H2,(H,12,17)(H,13,18)(H,15,16). The molecule has 18 heavy (non-hydrogen) atoms. The van der Waals surface area contributed by atoms with Crippen LogP contribution in [0.5, 0.6) is 0 Å². The number of nitrogens with one attached hydrogen (secondary N) is 3. The maximum absolute atomic E-state index is 11.8. The fourth-order valence-corrected chi connectivity index (χ4v) is 1.78. The van der Waals surface area contributed by atoms with E-state index in [0.717, 1.165) is 12.8 Å². The van der Waals surface area contributed by atoms with Crippen LogP contribution in [0.1, 0.15) is 29.8 Å². The Morgan fingerprint density at radius 2 is 2.17 bits per heavy atom. The zero-order chi connectivity index (χ0) is 13.0. The largest absolute Gasteiger partial charge is 0.354 e. The minimum atomic E-state index is -0.534. The highest BCUT2D eigenvalue weighted by Crippen LogP contribution is 2.05. The molecule has 0 aliphatic carbocycles. The summed E-state index contributed by atoms with van der Waals surface area (Å²) in [5.74, 6) is -0.640. The number of nitrogens with zero attached hydrogens (tertiary/aromatic N) is 1. The second kappa shape index (κ2) is 5.44. The number of rotatable bonds is 2. The molecule has 1 aromatic heterocycles. The van der Waals surface area contributed by atoms with E-state index in [4.69, 9.17) is 0 Å². The van der Waals surface area contributed by atoms with E-state index >= 15 is 0 Å². The minimum Gasteiger partial charge on any atom is -0.354 e. The number of hydrogen-bond acceptors (Lipinski definition) is 4. The maximum Gasteiger partial charge on any atom is 0.272 e. The predicted octanol–water partition coefficient (Wildman–Crippen LogP) is -0.832. The lowest BCUT2D eigenvalue weighted by Crippen LogP contribution is -2.45. The van der Waals surface area contributed by atoms with E-state index in [-0.39, 0.29) is 17.2 Å². The molecule has 0 radical (unpaired) electrons. The van der Waals surface area contributed by atoms with Crippen LogP contribution in [0.15, 0.2) is 16.9 Å². The maximum atomic E-state index is 11.8. The van der Waals surface area contributed by atoms with Crippen LogP contribution in [0, 0.1) is 0 Å². The average Bonchev–Trinajstić information content (AvgIpc) is 2.56. The first-order valence-corrected chi connectivity index (χ1v) is 5.81. The van der Waals surface area contributed by atoms with Gasteiger partial charge in [-0.05, 0) is 25.3 Å². The van der Waals surface area contributed by atoms with Crippen LogP contribution in [-0.2, 0) is 4.79 Å². The molecule has 2 rings (SSSR count). The van der Waals surface area contributed by atoms with Gasteiger partial charge in [0.15, 0.2) is 0 Å². The lowest BCUT2D eigenvalue weighted by Gasteiger charge is -2.14. The summed E-state index contributed by atoms with van der Waals surface area (Å²) in [4.78, 5) is 34.3. The normalized spacial score (nSPS) is 19.8. The third-order valence-electron chi connectivity index (χ3n) is 2.75. The zero-order valence-electron chi connectivity index (χ0n) is 9.73. The number of aromatic amines is 1. The molecule has 1 aromatic rings. The van der Waals surface area contributed by atoms with Crippen LogP contribution in [0.3, 0.4) is 0 Å². The molecule has 2 heterocycles. The van der Waals surface area contributed by atoms with E-state index in [1.54, 1.807) is 0 Å². The van der Waals surface area contributed by atoms with Crippen molar-refractivity contribution in [1.29, 1.82) is 0 Å². The third-order valence-corrected chi connectivity index (χ3v) is 2.75. The summed E-state index contributed by atoms with van der Waals surface area (Å²) in [6.07, 6.45) is 2.40. The first-order valence-electron chi connectivity index (χ1n) is 5.81. The Hall–Kier alpha value is -2.18. The first-order chi connectivity index (χ1) is 8.66. The van der Waals surface area contributed by atoms with Gasteiger partial charge in [-0.3, -0.25) is 14.4 Å². The summed E-state index contributed by atoms with van der Waals surface area (Å²) < 4.78 is 0. The number of H-pyrrole nitrogens is 1. The number of aromatic nitrogens is 2. The van der Waals surface area contributed by atoms with Crippen molar-refractivity contribution in [2.75, 3.05) is 6.54 Å². The Morgan fingerprint density at radius 3 is 2.89 bits per heavy atom. The van der Waals surface area contributed by atoms with E-state index < -0.39 is 11.9 Å². The molecule has 1 fully saturated rings. The molecule has 1 aliphatic heterocycles. The van der Waals surface area contributed by atoms with Gasteiger partial charge in [0.25, 0.3) is 11.5 Å². The van der Waals surface area contributed by atoms with Crippen LogP contribution in [0.4, 0.5) is 0 Å². The van der Waals surface area contributed by atoms with Crippen molar-refractivity contribution < 1.29 is 9.59 Å². The summed E-state index contributed by atoms with van der Waals surface area (Å²) in [5.41, 5.74) is -0.287. The van der Waals surface area contributed by atoms with E-state index in [1.165, 1.54) is 12.1 Å². The molecule has 1 atom stereocenters. The highest BCUT2D eigenvalue weighted by atomic mass is 16.2. The summed E-state index contributed by atoms with van der Waals surface area (Å²) >= 11 is 0. The highest BCUT2D eigenvalue weighted by molar-refractivity contribution is 5.95. The van der Waals surface area contributed by atoms with Crippen molar-refractivity contribution in [3.63, 3.8) is 0 Å². The fraction of sp³-hybridized carbons (Fsp3) is 0.455. The Bertz CT molecular complexity index is 491. The highest BCUT2D eigenvalue weighted by Gasteiger charge is 2.23. The van der Waals surface area contributed by atoms with Crippen LogP contribution in [0.25, 0.3) is 0 Å². The van der Waals surface area contributed by atoms with Crippen molar-refractivity contribution in [2.24, 2.45) is 0 Å². The third kappa shape index (κ3) is 2.93. The van der Waals surface area contributed by atoms with Gasteiger partial charge in [-0.2, -0.15) is 5.10 Å². The lowest BCUT2D eigenvalue weighted by atomic mass is 10.1. The Kier molecular flexibility index (Phi) is 3.71. The molecule has 1 aliphatic rings. The number of carbonyl (C=O) groups is 2. The van der Waals surface area contributed by atoms with Gasteiger partial charge in [0, 0.05) is 12.6 Å². The van der Waals surface area contributed by atoms with Gasteiger partial charge in [0.2, 0.25) is 5.91 Å². The molecule has 3 N–H and O–H groups in total. The summed E-state index contributed by atoms with van der Waals surface area (Å²) in [5, 5.41) is 11.1. The SMILES string of the molecule is O=C(NC1CCCCNC1=O)c1ccc(=O)[nH]n1. The van der Waals surface area contributed by atoms with Crippen LogP contribution < -0.4 is 16.2 Å². The predicted molar refractivity (Wildman–Crippen MR) is 63.0 cm³/mol. The molecule has 0 bridgehead atoms.